The van der Waals surface area contributed by atoms with Gasteiger partial charge in [0, 0.05) is 22.6 Å². The molecule has 3 aromatic rings. The molecule has 1 fully saturated rings. The molecule has 1 aromatic carbocycles. The average Bonchev–Trinajstić information content (AvgIpc) is 3.45. The van der Waals surface area contributed by atoms with Crippen molar-refractivity contribution in [1.29, 1.82) is 0 Å². The predicted octanol–water partition coefficient (Wildman–Crippen LogP) is 0.377. The lowest BCUT2D eigenvalue weighted by Gasteiger charge is -2.16. The summed E-state index contributed by atoms with van der Waals surface area (Å²) in [5, 5.41) is 30.5. The van der Waals surface area contributed by atoms with Gasteiger partial charge < -0.3 is 30.7 Å². The number of carbonyl (C=O) groups is 1. The summed E-state index contributed by atoms with van der Waals surface area (Å²) < 4.78 is 37.9. The number of imidazole rings is 1. The lowest BCUT2D eigenvalue weighted by atomic mass is 10.1. The maximum atomic E-state index is 12.1. The number of anilines is 1. The van der Waals surface area contributed by atoms with E-state index in [1.807, 2.05) is 22.6 Å². The third-order valence-electron chi connectivity index (χ3n) is 6.13. The van der Waals surface area contributed by atoms with Gasteiger partial charge in [0.25, 0.3) is 5.91 Å². The summed E-state index contributed by atoms with van der Waals surface area (Å²) in [5.74, 6) is -1.42. The summed E-state index contributed by atoms with van der Waals surface area (Å²) in [6, 6.07) is 5.33. The normalized spacial score (nSPS) is 20.9. The van der Waals surface area contributed by atoms with Crippen LogP contribution in [-0.4, -0.2) is 98.6 Å². The summed E-state index contributed by atoms with van der Waals surface area (Å²) in [5.41, 5.74) is 6.05. The van der Waals surface area contributed by atoms with Gasteiger partial charge in [-0.1, -0.05) is 32.9 Å². The first-order valence-corrected chi connectivity index (χ1v) is 14.8. The quantitative estimate of drug-likeness (QED) is 0.152. The molecule has 0 unspecified atom stereocenters. The van der Waals surface area contributed by atoms with Crippen molar-refractivity contribution in [1.82, 2.24) is 29.1 Å². The van der Waals surface area contributed by atoms with Gasteiger partial charge in [-0.25, -0.2) is 19.7 Å². The number of benzene rings is 1. The molecule has 1 aliphatic rings. The van der Waals surface area contributed by atoms with Crippen molar-refractivity contribution in [2.75, 3.05) is 32.0 Å². The molecule has 15 nitrogen and oxygen atoms in total. The van der Waals surface area contributed by atoms with Crippen LogP contribution in [0.25, 0.3) is 11.2 Å². The van der Waals surface area contributed by atoms with Gasteiger partial charge in [0.2, 0.25) is 0 Å². The van der Waals surface area contributed by atoms with Crippen molar-refractivity contribution in [3.8, 4) is 5.75 Å². The van der Waals surface area contributed by atoms with E-state index in [2.05, 4.69) is 40.6 Å². The van der Waals surface area contributed by atoms with E-state index >= 15 is 0 Å². The van der Waals surface area contributed by atoms with E-state index in [1.54, 1.807) is 4.72 Å². The van der Waals surface area contributed by atoms with Crippen LogP contribution in [0, 0.1) is 3.83 Å². The van der Waals surface area contributed by atoms with Crippen molar-refractivity contribution in [2.45, 2.75) is 45.3 Å². The lowest BCUT2D eigenvalue weighted by molar-refractivity contribution is -0.0468. The van der Waals surface area contributed by atoms with Crippen molar-refractivity contribution in [2.24, 2.45) is 0 Å². The highest BCUT2D eigenvalue weighted by atomic mass is 127. The summed E-state index contributed by atoms with van der Waals surface area (Å²) in [7, 11) is -4.63. The highest BCUT2D eigenvalue weighted by Crippen LogP contribution is 2.32. The number of halogens is 1. The number of nitrogens with two attached hydrogens (primary N) is 1. The molecule has 0 aliphatic carbocycles. The van der Waals surface area contributed by atoms with Crippen LogP contribution in [0.1, 0.15) is 37.4 Å². The second-order valence-electron chi connectivity index (χ2n) is 8.55. The van der Waals surface area contributed by atoms with E-state index in [1.165, 1.54) is 54.8 Å². The third-order valence-corrected chi connectivity index (χ3v) is 7.49. The number of hydrogen-bond acceptors (Lipinski definition) is 13. The number of nitrogens with one attached hydrogen (secondary N) is 1. The fraction of sp³-hybridized carbons (Fsp3) is 0.478. The molecule has 0 saturated carbocycles. The minimum Gasteiger partial charge on any atom is -0.507 e. The van der Waals surface area contributed by atoms with Crippen molar-refractivity contribution < 1.29 is 37.5 Å². The van der Waals surface area contributed by atoms with Gasteiger partial charge in [-0.15, -0.1) is 0 Å². The number of amides is 1. The number of nitrogens with zero attached hydrogens (tertiary/aromatic N) is 5. The lowest BCUT2D eigenvalue weighted by Crippen LogP contribution is -2.37. The summed E-state index contributed by atoms with van der Waals surface area (Å²) in [6.45, 7) is 9.40. The molecule has 220 valence electrons. The van der Waals surface area contributed by atoms with E-state index in [9.17, 15) is 28.5 Å². The molecular formula is C23H32IN7O8S. The number of carbonyl (C=O) groups excluding carboxylic acids is 1. The second-order valence-corrected chi connectivity index (χ2v) is 10.9. The number of phenolic OH excluding ortho intramolecular Hbond substituents is 1. The van der Waals surface area contributed by atoms with E-state index in [0.29, 0.717) is 3.83 Å². The van der Waals surface area contributed by atoms with Crippen LogP contribution >= 0.6 is 22.6 Å². The van der Waals surface area contributed by atoms with Crippen molar-refractivity contribution in [3.63, 3.8) is 0 Å². The molecule has 17 heteroatoms. The smallest absolute Gasteiger partial charge is 0.362 e. The molecular weight excluding hydrogens is 661 g/mol. The molecule has 3 heterocycles. The van der Waals surface area contributed by atoms with Crippen LogP contribution in [0.3, 0.4) is 0 Å². The second kappa shape index (κ2) is 13.8. The number of aliphatic hydroxyl groups excluding tert-OH is 2. The van der Waals surface area contributed by atoms with Crippen LogP contribution in [0.5, 0.6) is 5.75 Å². The minimum absolute atomic E-state index is 0.113. The number of ether oxygens (including phenoxy) is 1. The highest BCUT2D eigenvalue weighted by molar-refractivity contribution is 14.1. The Balaban J connectivity index is 0.000000559. The first kappa shape index (κ1) is 31.8. The SMILES string of the molecule is CCN(CC)CC.Nc1nc(I)nc2c1ncn2[C@@H]1O[C@H](COS(=O)(=O)NC(=O)c2ccccc2O)[C@@H](O)[C@H]1O. The number of fused-ring (bicyclic) bond motifs is 1. The number of aromatic hydroxyl groups is 1. The Hall–Kier alpha value is -2.68. The molecule has 40 heavy (non-hydrogen) atoms. The predicted molar refractivity (Wildman–Crippen MR) is 152 cm³/mol. The molecule has 6 N–H and O–H groups in total. The number of rotatable bonds is 9. The first-order valence-electron chi connectivity index (χ1n) is 12.3. The Labute approximate surface area is 244 Å². The van der Waals surface area contributed by atoms with E-state index < -0.39 is 53.1 Å². The molecule has 1 saturated heterocycles. The van der Waals surface area contributed by atoms with E-state index in [0.717, 1.165) is 0 Å². The van der Waals surface area contributed by atoms with Crippen LogP contribution in [0.4, 0.5) is 5.82 Å². The summed E-state index contributed by atoms with van der Waals surface area (Å²) in [4.78, 5) is 26.7. The Morgan fingerprint density at radius 1 is 1.18 bits per heavy atom. The number of para-hydroxylation sites is 1. The molecule has 1 aliphatic heterocycles. The zero-order chi connectivity index (χ0) is 29.6. The third kappa shape index (κ3) is 7.53. The van der Waals surface area contributed by atoms with Crippen LogP contribution in [0.15, 0.2) is 30.6 Å². The van der Waals surface area contributed by atoms with E-state index in [-0.39, 0.29) is 22.5 Å². The maximum Gasteiger partial charge on any atom is 0.362 e. The average molecular weight is 694 g/mol. The van der Waals surface area contributed by atoms with Gasteiger partial charge in [0.05, 0.1) is 18.5 Å². The van der Waals surface area contributed by atoms with Gasteiger partial charge >= 0.3 is 10.3 Å². The zero-order valence-corrected chi connectivity index (χ0v) is 25.0. The molecule has 0 radical (unpaired) electrons. The van der Waals surface area contributed by atoms with Crippen LogP contribution < -0.4 is 10.5 Å². The van der Waals surface area contributed by atoms with Gasteiger partial charge in [0.15, 0.2) is 21.5 Å². The zero-order valence-electron chi connectivity index (χ0n) is 22.0. The summed E-state index contributed by atoms with van der Waals surface area (Å²) >= 11 is 1.85. The molecule has 4 rings (SSSR count). The minimum atomic E-state index is -4.63. The monoisotopic (exact) mass is 693 g/mol. The van der Waals surface area contributed by atoms with Gasteiger partial charge in [0.1, 0.15) is 29.6 Å². The summed E-state index contributed by atoms with van der Waals surface area (Å²) in [6.07, 6.45) is -4.18. The molecule has 2 aromatic heterocycles. The standard InChI is InChI=1S/C17H17IN6O8S.C6H15N/c18-17-21-13(19)10-14(22-17)24(6-20-10)16-12(27)11(26)9(32-16)5-31-33(29,30)23-15(28)7-3-1-2-4-8(7)25;1-4-7(5-2)6-3/h1-4,6,9,11-12,16,25-27H,5H2,(H,23,28)(H2,19,21,22);4-6H2,1-3H3/t9-,11-,12-,16-;/m1./s1. The fourth-order valence-corrected chi connectivity index (χ4v) is 5.08. The Morgan fingerprint density at radius 2 is 1.82 bits per heavy atom. The van der Waals surface area contributed by atoms with Gasteiger partial charge in [-0.3, -0.25) is 13.5 Å². The number of nitrogen functional groups attached to an aromatic ring is 1. The largest absolute Gasteiger partial charge is 0.507 e. The van der Waals surface area contributed by atoms with Crippen LogP contribution in [0.2, 0.25) is 0 Å². The van der Waals surface area contributed by atoms with Crippen molar-refractivity contribution >= 4 is 55.8 Å². The maximum absolute atomic E-state index is 12.1. The Morgan fingerprint density at radius 3 is 2.42 bits per heavy atom. The number of aromatic nitrogens is 4. The molecule has 4 atom stereocenters. The molecule has 1 amide bonds. The topological polar surface area (TPSA) is 215 Å². The number of hydrogen-bond donors (Lipinski definition) is 5. The number of aliphatic hydroxyl groups is 2. The van der Waals surface area contributed by atoms with Crippen LogP contribution in [-0.2, 0) is 19.2 Å². The van der Waals surface area contributed by atoms with Gasteiger partial charge in [-0.2, -0.15) is 8.42 Å². The first-order chi connectivity index (χ1) is 18.9. The fourth-order valence-electron chi connectivity index (χ4n) is 3.88. The van der Waals surface area contributed by atoms with Gasteiger partial charge in [-0.05, 0) is 31.8 Å². The highest BCUT2D eigenvalue weighted by Gasteiger charge is 2.45. The Bertz CT molecular complexity index is 1410. The molecule has 0 spiro atoms. The Kier molecular flexibility index (Phi) is 11.0. The van der Waals surface area contributed by atoms with E-state index in [4.69, 9.17) is 14.7 Å². The number of phenols is 1. The van der Waals surface area contributed by atoms with Crippen molar-refractivity contribution in [3.05, 3.63) is 40.0 Å². The molecule has 0 bridgehead atoms.